The monoisotopic (exact) mass is 612 g/mol. The molecule has 6 rings (SSSR count). The first kappa shape index (κ1) is 32.1. The van der Waals surface area contributed by atoms with E-state index >= 15 is 0 Å². The minimum atomic E-state index is -1.24. The fraction of sp³-hybridized carbons (Fsp3) is 0.606. The maximum absolute atomic E-state index is 14.2. The number of hydrogen-bond donors (Lipinski definition) is 1. The Kier molecular flexibility index (Phi) is 9.48. The molecule has 1 aromatic carbocycles. The molecule has 0 amide bonds. The Morgan fingerprint density at radius 3 is 2.64 bits per heavy atom. The second-order valence-electron chi connectivity index (χ2n) is 13.2. The highest BCUT2D eigenvalue weighted by Crippen LogP contribution is 2.38. The summed E-state index contributed by atoms with van der Waals surface area (Å²) in [5.74, 6) is -0.195. The fourth-order valence-corrected chi connectivity index (χ4v) is 5.94. The van der Waals surface area contributed by atoms with Gasteiger partial charge < -0.3 is 29.0 Å². The number of nitrogens with zero attached hydrogens (tertiary/aromatic N) is 4. The Hall–Kier alpha value is -3.28. The van der Waals surface area contributed by atoms with Gasteiger partial charge in [-0.25, -0.2) is 14.2 Å². The zero-order valence-corrected chi connectivity index (χ0v) is 26.7. The van der Waals surface area contributed by atoms with Crippen molar-refractivity contribution in [2.45, 2.75) is 110 Å². The number of carboxylic acid groups (broad SMARTS) is 1. The van der Waals surface area contributed by atoms with Crippen molar-refractivity contribution in [1.29, 1.82) is 0 Å². The second-order valence-corrected chi connectivity index (χ2v) is 13.2. The van der Waals surface area contributed by atoms with Crippen molar-refractivity contribution in [3.8, 4) is 5.75 Å². The molecule has 3 aromatic rings. The molecule has 5 heterocycles. The summed E-state index contributed by atoms with van der Waals surface area (Å²) in [6.07, 6.45) is 2.97. The van der Waals surface area contributed by atoms with Gasteiger partial charge in [0.05, 0.1) is 41.8 Å². The molecular weight excluding hydrogens is 567 g/mol. The van der Waals surface area contributed by atoms with E-state index in [1.807, 2.05) is 40.7 Å². The van der Waals surface area contributed by atoms with Crippen molar-refractivity contribution in [2.75, 3.05) is 24.6 Å². The number of carboxylic acids is 1. The van der Waals surface area contributed by atoms with Gasteiger partial charge in [0.1, 0.15) is 17.4 Å². The van der Waals surface area contributed by atoms with Gasteiger partial charge in [0.25, 0.3) is 0 Å². The van der Waals surface area contributed by atoms with Crippen molar-refractivity contribution in [1.82, 2.24) is 14.6 Å². The summed E-state index contributed by atoms with van der Waals surface area (Å²) in [7, 11) is 0. The van der Waals surface area contributed by atoms with E-state index in [1.165, 1.54) is 12.1 Å². The number of ether oxygens (including phenoxy) is 4. The first-order valence-electron chi connectivity index (χ1n) is 15.5. The molecule has 2 aromatic heterocycles. The number of benzene rings is 1. The van der Waals surface area contributed by atoms with Gasteiger partial charge in [-0.3, -0.25) is 0 Å². The lowest BCUT2D eigenvalue weighted by atomic mass is 9.92. The lowest BCUT2D eigenvalue weighted by molar-refractivity contribution is -0.160. The van der Waals surface area contributed by atoms with Gasteiger partial charge in [-0.05, 0) is 91.8 Å². The van der Waals surface area contributed by atoms with E-state index in [9.17, 15) is 14.3 Å². The predicted octanol–water partition coefficient (Wildman–Crippen LogP) is 6.16. The summed E-state index contributed by atoms with van der Waals surface area (Å²) in [4.78, 5) is 19.6. The molecule has 240 valence electrons. The van der Waals surface area contributed by atoms with Crippen LogP contribution in [-0.2, 0) is 32.2 Å². The number of piperidine rings is 1. The average Bonchev–Trinajstić information content (AvgIpc) is 3.34. The molecule has 1 fully saturated rings. The SMILES string of the molecule is Cc1nc2cc3nn2c(c1C(OC(C)(C)C)C(=O)O)N1CCC(C)(CC1)OCCCCC(C)Oc1ccc(F)cc1COC3. The fourth-order valence-electron chi connectivity index (χ4n) is 5.94. The highest BCUT2D eigenvalue weighted by atomic mass is 19.1. The standard InChI is InChI=1S/C33H45FN4O6/c1-21-9-7-8-16-42-33(6)12-14-37(15-13-33)30-28(29(31(39)40)44-32(3,4)5)22(2)35-27-18-25(36-38(27)30)20-41-19-23-17-24(34)10-11-26(23)43-21/h10-11,17-18,21,29H,7-9,12-16,19-20H2,1-6H3,(H,39,40). The summed E-state index contributed by atoms with van der Waals surface area (Å²) in [6.45, 7) is 13.7. The number of rotatable bonds is 3. The van der Waals surface area contributed by atoms with E-state index in [0.29, 0.717) is 59.4 Å². The molecule has 0 radical (unpaired) electrons. The molecule has 1 N–H and O–H groups in total. The minimum Gasteiger partial charge on any atom is -0.490 e. The Balaban J connectivity index is 1.55. The topological polar surface area (TPSA) is 108 Å². The highest BCUT2D eigenvalue weighted by molar-refractivity contribution is 5.78. The number of fused-ring (bicyclic) bond motifs is 10. The lowest BCUT2D eigenvalue weighted by Gasteiger charge is -2.41. The summed E-state index contributed by atoms with van der Waals surface area (Å²) in [5.41, 5.74) is 1.87. The molecule has 2 atom stereocenters. The first-order valence-corrected chi connectivity index (χ1v) is 15.5. The maximum Gasteiger partial charge on any atom is 0.337 e. The van der Waals surface area contributed by atoms with Crippen LogP contribution in [0, 0.1) is 12.7 Å². The van der Waals surface area contributed by atoms with Crippen LogP contribution in [0.15, 0.2) is 24.3 Å². The summed E-state index contributed by atoms with van der Waals surface area (Å²) >= 11 is 0. The third-order valence-electron chi connectivity index (χ3n) is 8.25. The number of carbonyl (C=O) groups is 1. The Morgan fingerprint density at radius 2 is 1.93 bits per heavy atom. The van der Waals surface area contributed by atoms with Crippen molar-refractivity contribution in [3.05, 3.63) is 52.6 Å². The van der Waals surface area contributed by atoms with Gasteiger partial charge in [-0.1, -0.05) is 0 Å². The predicted molar refractivity (Wildman–Crippen MR) is 164 cm³/mol. The molecule has 4 bridgehead atoms. The lowest BCUT2D eigenvalue weighted by Crippen LogP contribution is -2.46. The van der Waals surface area contributed by atoms with Crippen LogP contribution in [-0.4, -0.2) is 62.7 Å². The zero-order valence-electron chi connectivity index (χ0n) is 26.7. The normalized spacial score (nSPS) is 22.9. The van der Waals surface area contributed by atoms with Crippen LogP contribution in [0.25, 0.3) is 5.65 Å². The van der Waals surface area contributed by atoms with E-state index in [1.54, 1.807) is 10.6 Å². The third kappa shape index (κ3) is 7.50. The largest absolute Gasteiger partial charge is 0.490 e. The molecule has 0 spiro atoms. The number of aliphatic carboxylic acids is 1. The minimum absolute atomic E-state index is 0.0408. The van der Waals surface area contributed by atoms with Crippen LogP contribution in [0.4, 0.5) is 10.2 Å². The first-order chi connectivity index (χ1) is 20.8. The summed E-state index contributed by atoms with van der Waals surface area (Å²) < 4.78 is 40.7. The zero-order chi connectivity index (χ0) is 31.6. The molecule has 2 unspecified atom stereocenters. The number of anilines is 1. The smallest absolute Gasteiger partial charge is 0.337 e. The molecule has 10 nitrogen and oxygen atoms in total. The van der Waals surface area contributed by atoms with E-state index in [4.69, 9.17) is 29.0 Å². The molecule has 44 heavy (non-hydrogen) atoms. The van der Waals surface area contributed by atoms with Gasteiger partial charge in [0.15, 0.2) is 11.8 Å². The van der Waals surface area contributed by atoms with Crippen LogP contribution in [0.1, 0.15) is 95.3 Å². The molecule has 3 aliphatic rings. The summed E-state index contributed by atoms with van der Waals surface area (Å²) in [6, 6.07) is 6.32. The maximum atomic E-state index is 14.2. The van der Waals surface area contributed by atoms with E-state index in [0.717, 1.165) is 32.1 Å². The Labute approximate surface area is 258 Å². The van der Waals surface area contributed by atoms with Crippen molar-refractivity contribution in [3.63, 3.8) is 0 Å². The summed E-state index contributed by atoms with van der Waals surface area (Å²) in [5, 5.41) is 15.2. The highest BCUT2D eigenvalue weighted by Gasteiger charge is 2.37. The van der Waals surface area contributed by atoms with Crippen LogP contribution in [0.3, 0.4) is 0 Å². The second kappa shape index (κ2) is 13.0. The van der Waals surface area contributed by atoms with Gasteiger partial charge >= 0.3 is 5.97 Å². The molecular formula is C33H45FN4O6. The van der Waals surface area contributed by atoms with Gasteiger partial charge in [0.2, 0.25) is 0 Å². The van der Waals surface area contributed by atoms with Gasteiger partial charge in [-0.2, -0.15) is 9.61 Å². The van der Waals surface area contributed by atoms with Crippen molar-refractivity contribution >= 4 is 17.4 Å². The van der Waals surface area contributed by atoms with Gasteiger partial charge in [0, 0.05) is 37.0 Å². The molecule has 0 aliphatic carbocycles. The molecule has 11 heteroatoms. The Bertz CT molecular complexity index is 1480. The van der Waals surface area contributed by atoms with Crippen LogP contribution >= 0.6 is 0 Å². The van der Waals surface area contributed by atoms with E-state index in [-0.39, 0.29) is 30.7 Å². The van der Waals surface area contributed by atoms with Crippen molar-refractivity contribution in [2.24, 2.45) is 0 Å². The molecule has 1 saturated heterocycles. The third-order valence-corrected chi connectivity index (χ3v) is 8.25. The number of halogens is 1. The number of hydrogen-bond acceptors (Lipinski definition) is 8. The molecule has 3 aliphatic heterocycles. The quantitative estimate of drug-likeness (QED) is 0.372. The molecule has 0 saturated carbocycles. The number of aromatic nitrogens is 3. The van der Waals surface area contributed by atoms with Gasteiger partial charge in [-0.15, -0.1) is 0 Å². The number of aryl methyl sites for hydroxylation is 1. The van der Waals surface area contributed by atoms with Crippen LogP contribution in [0.5, 0.6) is 5.75 Å². The van der Waals surface area contributed by atoms with Crippen LogP contribution < -0.4 is 9.64 Å². The van der Waals surface area contributed by atoms with E-state index < -0.39 is 17.7 Å². The van der Waals surface area contributed by atoms with Crippen molar-refractivity contribution < 1.29 is 33.2 Å². The average molecular weight is 613 g/mol. The van der Waals surface area contributed by atoms with E-state index in [2.05, 4.69) is 11.8 Å². The Morgan fingerprint density at radius 1 is 1.18 bits per heavy atom. The van der Waals surface area contributed by atoms with Crippen LogP contribution in [0.2, 0.25) is 0 Å².